The summed E-state index contributed by atoms with van der Waals surface area (Å²) in [6.07, 6.45) is 5.81. The van der Waals surface area contributed by atoms with Gasteiger partial charge in [0.1, 0.15) is 5.82 Å². The maximum absolute atomic E-state index is 13.2. The summed E-state index contributed by atoms with van der Waals surface area (Å²) in [5.74, 6) is 0.358. The minimum Gasteiger partial charge on any atom is -0.307 e. The van der Waals surface area contributed by atoms with E-state index in [1.54, 1.807) is 12.1 Å². The number of nitrogens with zero attached hydrogens (tertiary/aromatic N) is 1. The van der Waals surface area contributed by atoms with Gasteiger partial charge in [-0.1, -0.05) is 12.1 Å². The SMILES string of the molecule is C[C@@H](NC1CC(c2cccc(F)c2)C1)c1ccncc1. The van der Waals surface area contributed by atoms with Crippen LogP contribution < -0.4 is 5.32 Å². The van der Waals surface area contributed by atoms with Crippen LogP contribution in [-0.2, 0) is 0 Å². The summed E-state index contributed by atoms with van der Waals surface area (Å²) in [6.45, 7) is 2.17. The summed E-state index contributed by atoms with van der Waals surface area (Å²) < 4.78 is 13.2. The molecule has 1 aromatic carbocycles. The van der Waals surface area contributed by atoms with Gasteiger partial charge in [0.15, 0.2) is 0 Å². The molecule has 1 aliphatic carbocycles. The lowest BCUT2D eigenvalue weighted by Crippen LogP contribution is -2.41. The van der Waals surface area contributed by atoms with E-state index in [0.717, 1.165) is 18.4 Å². The number of hydrogen-bond donors (Lipinski definition) is 1. The molecular formula is C17H19FN2. The smallest absolute Gasteiger partial charge is 0.123 e. The van der Waals surface area contributed by atoms with E-state index >= 15 is 0 Å². The fourth-order valence-corrected chi connectivity index (χ4v) is 2.89. The molecule has 1 aliphatic rings. The normalized spacial score (nSPS) is 23.1. The van der Waals surface area contributed by atoms with E-state index < -0.39 is 0 Å². The van der Waals surface area contributed by atoms with Crippen molar-refractivity contribution < 1.29 is 4.39 Å². The van der Waals surface area contributed by atoms with Crippen LogP contribution in [0.2, 0.25) is 0 Å². The zero-order valence-corrected chi connectivity index (χ0v) is 11.6. The van der Waals surface area contributed by atoms with Crippen LogP contribution in [0.15, 0.2) is 48.8 Å². The van der Waals surface area contributed by atoms with Gasteiger partial charge in [-0.25, -0.2) is 4.39 Å². The molecule has 2 nitrogen and oxygen atoms in total. The second-order valence-corrected chi connectivity index (χ2v) is 5.59. The predicted molar refractivity (Wildman–Crippen MR) is 78.0 cm³/mol. The van der Waals surface area contributed by atoms with E-state index in [9.17, 15) is 4.39 Å². The van der Waals surface area contributed by atoms with Crippen LogP contribution in [0, 0.1) is 5.82 Å². The maximum Gasteiger partial charge on any atom is 0.123 e. The van der Waals surface area contributed by atoms with Crippen LogP contribution in [0.5, 0.6) is 0 Å². The van der Waals surface area contributed by atoms with Gasteiger partial charge in [0, 0.05) is 24.5 Å². The van der Waals surface area contributed by atoms with Crippen LogP contribution in [0.3, 0.4) is 0 Å². The lowest BCUT2D eigenvalue weighted by molar-refractivity contribution is 0.270. The first-order chi connectivity index (χ1) is 9.72. The summed E-state index contributed by atoms with van der Waals surface area (Å²) >= 11 is 0. The summed E-state index contributed by atoms with van der Waals surface area (Å²) in [5.41, 5.74) is 2.38. The van der Waals surface area contributed by atoms with Crippen molar-refractivity contribution in [2.45, 2.75) is 37.8 Å². The molecule has 3 rings (SSSR count). The predicted octanol–water partition coefficient (Wildman–Crippen LogP) is 3.82. The molecule has 1 aromatic heterocycles. The van der Waals surface area contributed by atoms with E-state index in [2.05, 4.69) is 17.2 Å². The lowest BCUT2D eigenvalue weighted by Gasteiger charge is -2.38. The van der Waals surface area contributed by atoms with Crippen molar-refractivity contribution in [1.82, 2.24) is 10.3 Å². The Kier molecular flexibility index (Phi) is 3.79. The number of rotatable bonds is 4. The molecule has 0 radical (unpaired) electrons. The van der Waals surface area contributed by atoms with Gasteiger partial charge in [-0.05, 0) is 61.1 Å². The molecule has 1 N–H and O–H groups in total. The summed E-state index contributed by atoms with van der Waals surface area (Å²) in [7, 11) is 0. The molecule has 1 saturated carbocycles. The molecule has 1 atom stereocenters. The number of benzene rings is 1. The van der Waals surface area contributed by atoms with Crippen molar-refractivity contribution in [3.8, 4) is 0 Å². The summed E-state index contributed by atoms with van der Waals surface area (Å²) in [4.78, 5) is 4.04. The molecule has 2 aromatic rings. The zero-order valence-electron chi connectivity index (χ0n) is 11.6. The van der Waals surface area contributed by atoms with E-state index in [4.69, 9.17) is 0 Å². The van der Waals surface area contributed by atoms with Crippen LogP contribution in [0.25, 0.3) is 0 Å². The minimum atomic E-state index is -0.135. The number of nitrogens with one attached hydrogen (secondary N) is 1. The molecule has 0 bridgehead atoms. The highest BCUT2D eigenvalue weighted by Gasteiger charge is 2.31. The van der Waals surface area contributed by atoms with Gasteiger partial charge in [-0.2, -0.15) is 0 Å². The quantitative estimate of drug-likeness (QED) is 0.913. The molecule has 0 unspecified atom stereocenters. The standard InChI is InChI=1S/C17H19FN2/c1-12(13-5-7-19-8-6-13)20-17-10-15(11-17)14-3-2-4-16(18)9-14/h2-9,12,15,17,20H,10-11H2,1H3/t12-,15?,17?/m1/s1. The fraction of sp³-hybridized carbons (Fsp3) is 0.353. The number of hydrogen-bond acceptors (Lipinski definition) is 2. The van der Waals surface area contributed by atoms with Crippen LogP contribution in [0.4, 0.5) is 4.39 Å². The van der Waals surface area contributed by atoms with Crippen LogP contribution >= 0.6 is 0 Å². The van der Waals surface area contributed by atoms with Crippen molar-refractivity contribution in [3.63, 3.8) is 0 Å². The van der Waals surface area contributed by atoms with Gasteiger partial charge >= 0.3 is 0 Å². The van der Waals surface area contributed by atoms with Crippen molar-refractivity contribution in [2.24, 2.45) is 0 Å². The van der Waals surface area contributed by atoms with Crippen molar-refractivity contribution in [3.05, 3.63) is 65.7 Å². The lowest BCUT2D eigenvalue weighted by atomic mass is 9.75. The Bertz CT molecular complexity index is 564. The van der Waals surface area contributed by atoms with Crippen molar-refractivity contribution in [1.29, 1.82) is 0 Å². The molecule has 0 spiro atoms. The molecule has 1 fully saturated rings. The Morgan fingerprint density at radius 3 is 2.65 bits per heavy atom. The van der Waals surface area contributed by atoms with E-state index in [1.165, 1.54) is 11.6 Å². The molecule has 20 heavy (non-hydrogen) atoms. The third-order valence-electron chi connectivity index (χ3n) is 4.15. The third-order valence-corrected chi connectivity index (χ3v) is 4.15. The van der Waals surface area contributed by atoms with Crippen LogP contribution in [0.1, 0.15) is 42.9 Å². The second kappa shape index (κ2) is 5.71. The fourth-order valence-electron chi connectivity index (χ4n) is 2.89. The maximum atomic E-state index is 13.2. The third kappa shape index (κ3) is 2.88. The first kappa shape index (κ1) is 13.3. The molecule has 104 valence electrons. The molecule has 1 heterocycles. The van der Waals surface area contributed by atoms with Crippen molar-refractivity contribution in [2.75, 3.05) is 0 Å². The largest absolute Gasteiger partial charge is 0.307 e. The number of pyridine rings is 1. The minimum absolute atomic E-state index is 0.135. The first-order valence-electron chi connectivity index (χ1n) is 7.14. The van der Waals surface area contributed by atoms with Gasteiger partial charge < -0.3 is 5.32 Å². The Balaban J connectivity index is 1.54. The summed E-state index contributed by atoms with van der Waals surface area (Å²) in [5, 5.41) is 3.63. The zero-order chi connectivity index (χ0) is 13.9. The molecular weight excluding hydrogens is 251 g/mol. The monoisotopic (exact) mass is 270 g/mol. The highest BCUT2D eigenvalue weighted by Crippen LogP contribution is 2.38. The second-order valence-electron chi connectivity index (χ2n) is 5.59. The van der Waals surface area contributed by atoms with Crippen molar-refractivity contribution >= 4 is 0 Å². The Hall–Kier alpha value is -1.74. The summed E-state index contributed by atoms with van der Waals surface area (Å²) in [6, 6.07) is 11.9. The number of halogens is 1. The van der Waals surface area contributed by atoms with Gasteiger partial charge in [0.25, 0.3) is 0 Å². The van der Waals surface area contributed by atoms with E-state index in [1.807, 2.05) is 30.6 Å². The Morgan fingerprint density at radius 1 is 1.20 bits per heavy atom. The van der Waals surface area contributed by atoms with E-state index in [0.29, 0.717) is 18.0 Å². The highest BCUT2D eigenvalue weighted by molar-refractivity contribution is 5.24. The molecule has 0 aliphatic heterocycles. The Labute approximate surface area is 119 Å². The topological polar surface area (TPSA) is 24.9 Å². The van der Waals surface area contributed by atoms with Gasteiger partial charge in [-0.15, -0.1) is 0 Å². The van der Waals surface area contributed by atoms with Gasteiger partial charge in [-0.3, -0.25) is 4.98 Å². The molecule has 0 saturated heterocycles. The number of aromatic nitrogens is 1. The molecule has 3 heteroatoms. The highest BCUT2D eigenvalue weighted by atomic mass is 19.1. The van der Waals surface area contributed by atoms with Gasteiger partial charge in [0.2, 0.25) is 0 Å². The molecule has 0 amide bonds. The van der Waals surface area contributed by atoms with E-state index in [-0.39, 0.29) is 5.82 Å². The van der Waals surface area contributed by atoms with Crippen LogP contribution in [-0.4, -0.2) is 11.0 Å². The Morgan fingerprint density at radius 2 is 1.95 bits per heavy atom. The average molecular weight is 270 g/mol. The average Bonchev–Trinajstić information content (AvgIpc) is 2.43. The van der Waals surface area contributed by atoms with Gasteiger partial charge in [0.05, 0.1) is 0 Å². The first-order valence-corrected chi connectivity index (χ1v) is 7.14.